The van der Waals surface area contributed by atoms with E-state index < -0.39 is 9.84 Å². The van der Waals surface area contributed by atoms with Gasteiger partial charge in [0, 0.05) is 5.56 Å². The highest BCUT2D eigenvalue weighted by molar-refractivity contribution is 7.92. The molecule has 1 aliphatic heterocycles. The molecule has 0 saturated heterocycles. The van der Waals surface area contributed by atoms with Gasteiger partial charge >= 0.3 is 0 Å². The SMILES string of the molecule is Cc1ccc(-c2cn[nH]c2S(=O)(=O)CC2=NCCO2)cc1. The van der Waals surface area contributed by atoms with Crippen molar-refractivity contribution in [2.75, 3.05) is 18.9 Å². The Morgan fingerprint density at radius 1 is 1.29 bits per heavy atom. The number of nitrogens with zero attached hydrogens (tertiary/aromatic N) is 2. The molecule has 21 heavy (non-hydrogen) atoms. The molecule has 7 heteroatoms. The van der Waals surface area contributed by atoms with Gasteiger partial charge in [0.05, 0.1) is 12.7 Å². The third-order valence-corrected chi connectivity index (χ3v) is 4.80. The quantitative estimate of drug-likeness (QED) is 0.929. The van der Waals surface area contributed by atoms with E-state index in [9.17, 15) is 8.42 Å². The van der Waals surface area contributed by atoms with Gasteiger partial charge in [-0.15, -0.1) is 0 Å². The van der Waals surface area contributed by atoms with E-state index in [-0.39, 0.29) is 16.7 Å². The molecule has 2 heterocycles. The van der Waals surface area contributed by atoms with Crippen LogP contribution in [-0.2, 0) is 14.6 Å². The van der Waals surface area contributed by atoms with E-state index in [0.717, 1.165) is 11.1 Å². The number of hydrogen-bond donors (Lipinski definition) is 1. The zero-order valence-corrected chi connectivity index (χ0v) is 12.4. The van der Waals surface area contributed by atoms with Crippen LogP contribution in [0.3, 0.4) is 0 Å². The van der Waals surface area contributed by atoms with Crippen LogP contribution in [0, 0.1) is 6.92 Å². The van der Waals surface area contributed by atoms with Gasteiger partial charge in [0.25, 0.3) is 0 Å². The molecule has 1 N–H and O–H groups in total. The highest BCUT2D eigenvalue weighted by atomic mass is 32.2. The van der Waals surface area contributed by atoms with Crippen LogP contribution in [0.5, 0.6) is 0 Å². The molecule has 0 spiro atoms. The van der Waals surface area contributed by atoms with Crippen LogP contribution in [0.25, 0.3) is 11.1 Å². The Labute approximate surface area is 122 Å². The lowest BCUT2D eigenvalue weighted by atomic mass is 10.1. The number of aliphatic imine (C=N–C) groups is 1. The van der Waals surface area contributed by atoms with E-state index in [2.05, 4.69) is 15.2 Å². The summed E-state index contributed by atoms with van der Waals surface area (Å²) in [6.45, 7) is 2.93. The Hall–Kier alpha value is -2.15. The van der Waals surface area contributed by atoms with Crippen molar-refractivity contribution in [3.8, 4) is 11.1 Å². The average molecular weight is 305 g/mol. The number of sulfone groups is 1. The number of ether oxygens (including phenoxy) is 1. The number of aryl methyl sites for hydroxylation is 1. The van der Waals surface area contributed by atoms with Gasteiger partial charge in [-0.1, -0.05) is 29.8 Å². The summed E-state index contributed by atoms with van der Waals surface area (Å²) in [6, 6.07) is 7.62. The predicted molar refractivity (Wildman–Crippen MR) is 79.1 cm³/mol. The highest BCUT2D eigenvalue weighted by Crippen LogP contribution is 2.26. The van der Waals surface area contributed by atoms with E-state index in [0.29, 0.717) is 18.7 Å². The second-order valence-electron chi connectivity index (χ2n) is 4.86. The Bertz CT molecular complexity index is 776. The number of benzene rings is 1. The molecule has 0 bridgehead atoms. The van der Waals surface area contributed by atoms with Crippen LogP contribution in [0.2, 0.25) is 0 Å². The van der Waals surface area contributed by atoms with Crippen LogP contribution < -0.4 is 0 Å². The van der Waals surface area contributed by atoms with E-state index in [1.807, 2.05) is 31.2 Å². The molecule has 0 fully saturated rings. The lowest BCUT2D eigenvalue weighted by Crippen LogP contribution is -2.17. The van der Waals surface area contributed by atoms with Gasteiger partial charge in [0.15, 0.2) is 10.9 Å². The molecular formula is C14H15N3O3S. The van der Waals surface area contributed by atoms with Crippen molar-refractivity contribution >= 4 is 15.7 Å². The zero-order valence-electron chi connectivity index (χ0n) is 11.5. The van der Waals surface area contributed by atoms with Crippen LogP contribution >= 0.6 is 0 Å². The lowest BCUT2D eigenvalue weighted by molar-refractivity contribution is 0.345. The maximum Gasteiger partial charge on any atom is 0.204 e. The Morgan fingerprint density at radius 3 is 2.71 bits per heavy atom. The second-order valence-corrected chi connectivity index (χ2v) is 6.79. The van der Waals surface area contributed by atoms with Crippen molar-refractivity contribution in [2.45, 2.75) is 11.9 Å². The Balaban J connectivity index is 1.96. The fourth-order valence-electron chi connectivity index (χ4n) is 2.15. The maximum atomic E-state index is 12.5. The van der Waals surface area contributed by atoms with Gasteiger partial charge < -0.3 is 4.74 Å². The largest absolute Gasteiger partial charge is 0.478 e. The number of hydrogen-bond acceptors (Lipinski definition) is 5. The summed E-state index contributed by atoms with van der Waals surface area (Å²) < 4.78 is 30.1. The Kier molecular flexibility index (Phi) is 3.50. The summed E-state index contributed by atoms with van der Waals surface area (Å²) in [5, 5.41) is 6.56. The summed E-state index contributed by atoms with van der Waals surface area (Å²) in [5.74, 6) is 0.0214. The molecule has 2 aromatic rings. The minimum atomic E-state index is -3.56. The van der Waals surface area contributed by atoms with Gasteiger partial charge in [-0.3, -0.25) is 10.1 Å². The van der Waals surface area contributed by atoms with Crippen molar-refractivity contribution in [2.24, 2.45) is 4.99 Å². The summed E-state index contributed by atoms with van der Waals surface area (Å²) >= 11 is 0. The van der Waals surface area contributed by atoms with Crippen LogP contribution in [0.4, 0.5) is 0 Å². The van der Waals surface area contributed by atoms with E-state index in [1.54, 1.807) is 0 Å². The number of rotatable bonds is 4. The molecule has 0 radical (unpaired) electrons. The second kappa shape index (κ2) is 5.33. The fraction of sp³-hybridized carbons (Fsp3) is 0.286. The van der Waals surface area contributed by atoms with E-state index in [4.69, 9.17) is 4.74 Å². The van der Waals surface area contributed by atoms with Crippen LogP contribution in [0.15, 0.2) is 40.5 Å². The van der Waals surface area contributed by atoms with Crippen molar-refractivity contribution in [1.82, 2.24) is 10.2 Å². The molecule has 6 nitrogen and oxygen atoms in total. The normalized spacial score (nSPS) is 14.8. The van der Waals surface area contributed by atoms with E-state index in [1.165, 1.54) is 6.20 Å². The molecule has 1 aromatic heterocycles. The lowest BCUT2D eigenvalue weighted by Gasteiger charge is -2.06. The van der Waals surface area contributed by atoms with Crippen molar-refractivity contribution in [1.29, 1.82) is 0 Å². The summed E-state index contributed by atoms with van der Waals surface area (Å²) in [5.41, 5.74) is 2.48. The Morgan fingerprint density at radius 2 is 2.05 bits per heavy atom. The summed E-state index contributed by atoms with van der Waals surface area (Å²) in [7, 11) is -3.56. The van der Waals surface area contributed by atoms with Crippen LogP contribution in [-0.4, -0.2) is 43.4 Å². The summed E-state index contributed by atoms with van der Waals surface area (Å²) in [4.78, 5) is 4.03. The molecule has 0 aliphatic carbocycles. The standard InChI is InChI=1S/C14H15N3O3S/c1-10-2-4-11(5-3-10)12-8-16-17-14(12)21(18,19)9-13-15-6-7-20-13/h2-5,8H,6-7,9H2,1H3,(H,16,17). The molecule has 0 saturated carbocycles. The monoisotopic (exact) mass is 305 g/mol. The molecule has 0 unspecified atom stereocenters. The number of aromatic amines is 1. The topological polar surface area (TPSA) is 84.4 Å². The first-order valence-corrected chi connectivity index (χ1v) is 8.21. The maximum absolute atomic E-state index is 12.5. The smallest absolute Gasteiger partial charge is 0.204 e. The summed E-state index contributed by atoms with van der Waals surface area (Å²) in [6.07, 6.45) is 1.52. The van der Waals surface area contributed by atoms with Gasteiger partial charge in [-0.25, -0.2) is 8.42 Å². The molecule has 1 aromatic carbocycles. The number of aromatic nitrogens is 2. The van der Waals surface area contributed by atoms with Crippen LogP contribution in [0.1, 0.15) is 5.56 Å². The average Bonchev–Trinajstić information content (AvgIpc) is 3.10. The molecule has 0 amide bonds. The van der Waals surface area contributed by atoms with Crippen molar-refractivity contribution in [3.63, 3.8) is 0 Å². The molecule has 3 rings (SSSR count). The first-order chi connectivity index (χ1) is 10.1. The molecule has 0 atom stereocenters. The predicted octanol–water partition coefficient (Wildman–Crippen LogP) is 1.59. The molecular weight excluding hydrogens is 290 g/mol. The van der Waals surface area contributed by atoms with Crippen molar-refractivity contribution in [3.05, 3.63) is 36.0 Å². The highest BCUT2D eigenvalue weighted by Gasteiger charge is 2.26. The van der Waals surface area contributed by atoms with Gasteiger partial charge in [0.2, 0.25) is 9.84 Å². The zero-order chi connectivity index (χ0) is 14.9. The molecule has 1 aliphatic rings. The van der Waals surface area contributed by atoms with Crippen molar-refractivity contribution < 1.29 is 13.2 Å². The van der Waals surface area contributed by atoms with Gasteiger partial charge in [-0.2, -0.15) is 5.10 Å². The van der Waals surface area contributed by atoms with E-state index >= 15 is 0 Å². The third-order valence-electron chi connectivity index (χ3n) is 3.24. The number of H-pyrrole nitrogens is 1. The first kappa shape index (κ1) is 13.8. The minimum Gasteiger partial charge on any atom is -0.478 e. The number of nitrogens with one attached hydrogen (secondary N) is 1. The van der Waals surface area contributed by atoms with Gasteiger partial charge in [-0.05, 0) is 12.5 Å². The first-order valence-electron chi connectivity index (χ1n) is 6.55. The fourth-order valence-corrected chi connectivity index (χ4v) is 3.49. The minimum absolute atomic E-state index is 0.101. The molecule has 110 valence electrons. The third kappa shape index (κ3) is 2.82. The van der Waals surface area contributed by atoms with Gasteiger partial charge in [0.1, 0.15) is 12.4 Å².